The van der Waals surface area contributed by atoms with Crippen molar-refractivity contribution in [3.63, 3.8) is 0 Å². The minimum atomic E-state index is -0.0796. The van der Waals surface area contributed by atoms with Crippen LogP contribution < -0.4 is 0 Å². The van der Waals surface area contributed by atoms with Crippen molar-refractivity contribution in [3.8, 4) is 0 Å². The summed E-state index contributed by atoms with van der Waals surface area (Å²) in [6, 6.07) is 0. The molecule has 21 heavy (non-hydrogen) atoms. The lowest BCUT2D eigenvalue weighted by molar-refractivity contribution is -0.469. The van der Waals surface area contributed by atoms with Gasteiger partial charge in [-0.15, -0.1) is 0 Å². The Kier molecular flexibility index (Phi) is 2.99. The first-order valence-corrected chi connectivity index (χ1v) is 8.92. The zero-order valence-electron chi connectivity index (χ0n) is 13.4. The first kappa shape index (κ1) is 14.0. The zero-order chi connectivity index (χ0) is 14.8. The summed E-state index contributed by atoms with van der Waals surface area (Å²) >= 11 is 0. The topological polar surface area (TPSA) is 46.3 Å². The van der Waals surface area contributed by atoms with E-state index in [0.29, 0.717) is 23.8 Å². The van der Waals surface area contributed by atoms with Gasteiger partial charge in [-0.05, 0) is 67.1 Å². The maximum Gasteiger partial charge on any atom is 0.154 e. The van der Waals surface area contributed by atoms with E-state index in [4.69, 9.17) is 0 Å². The molecule has 0 unspecified atom stereocenters. The van der Waals surface area contributed by atoms with Gasteiger partial charge >= 0.3 is 0 Å². The molecule has 4 aliphatic rings. The largest absolute Gasteiger partial charge is 0.624 e. The molecule has 0 amide bonds. The van der Waals surface area contributed by atoms with Crippen LogP contribution in [0.3, 0.4) is 0 Å². The minimum absolute atomic E-state index is 0.0796. The van der Waals surface area contributed by atoms with Crippen LogP contribution >= 0.6 is 0 Å². The van der Waals surface area contributed by atoms with Gasteiger partial charge in [-0.3, -0.25) is 0 Å². The van der Waals surface area contributed by atoms with E-state index >= 15 is 0 Å². The lowest BCUT2D eigenvalue weighted by Crippen LogP contribution is -2.55. The number of nitrogens with zero attached hydrogens (tertiary/aromatic N) is 1. The van der Waals surface area contributed by atoms with Crippen molar-refractivity contribution in [1.82, 2.24) is 0 Å². The molecule has 0 aromatic carbocycles. The van der Waals surface area contributed by atoms with E-state index in [0.717, 1.165) is 24.7 Å². The summed E-state index contributed by atoms with van der Waals surface area (Å²) < 4.78 is 1.18. The van der Waals surface area contributed by atoms with Crippen LogP contribution in [0.5, 0.6) is 0 Å². The Balaban J connectivity index is 1.66. The average Bonchev–Trinajstić information content (AvgIpc) is 2.76. The van der Waals surface area contributed by atoms with E-state index in [1.165, 1.54) is 36.8 Å². The lowest BCUT2D eigenvalue weighted by Gasteiger charge is -2.58. The maximum absolute atomic E-state index is 11.7. The van der Waals surface area contributed by atoms with Crippen molar-refractivity contribution in [2.75, 3.05) is 6.54 Å². The lowest BCUT2D eigenvalue weighted by atomic mass is 9.47. The first-order valence-electron chi connectivity index (χ1n) is 8.92. The molecule has 7 atom stereocenters. The van der Waals surface area contributed by atoms with Gasteiger partial charge in [-0.25, -0.2) is 4.74 Å². The summed E-state index contributed by atoms with van der Waals surface area (Å²) in [7, 11) is 0. The molecule has 4 rings (SSSR count). The van der Waals surface area contributed by atoms with Gasteiger partial charge in [-0.1, -0.05) is 13.8 Å². The molecule has 0 aromatic heterocycles. The third kappa shape index (κ3) is 1.79. The highest BCUT2D eigenvalue weighted by atomic mass is 16.5. The maximum atomic E-state index is 11.7. The van der Waals surface area contributed by atoms with Gasteiger partial charge in [0.05, 0.1) is 6.10 Å². The fraction of sp³-hybridized carbons (Fsp3) is 0.944. The molecule has 0 radical (unpaired) electrons. The quantitative estimate of drug-likeness (QED) is 0.550. The second kappa shape index (κ2) is 4.47. The van der Waals surface area contributed by atoms with Crippen molar-refractivity contribution in [2.45, 2.75) is 64.9 Å². The molecular weight excluding hydrogens is 262 g/mol. The number of aliphatic hydroxyl groups is 1. The smallest absolute Gasteiger partial charge is 0.154 e. The first-order chi connectivity index (χ1) is 9.95. The molecule has 1 N–H and O–H groups in total. The SMILES string of the molecule is C[C@]12CC[N+]([O-])=C[C@@H]1CC[C@@H]1[C@@H]2CC[C@]2(C)[C@@H](O)CC[C@@H]12. The summed E-state index contributed by atoms with van der Waals surface area (Å²) in [5.74, 6) is 2.76. The normalized spacial score (nSPS) is 56.1. The Morgan fingerprint density at radius 3 is 2.57 bits per heavy atom. The van der Waals surface area contributed by atoms with E-state index in [1.54, 1.807) is 0 Å². The van der Waals surface area contributed by atoms with Crippen LogP contribution in [0.25, 0.3) is 0 Å². The molecule has 3 aliphatic carbocycles. The molecule has 1 heterocycles. The summed E-state index contributed by atoms with van der Waals surface area (Å²) in [5, 5.41) is 22.2. The van der Waals surface area contributed by atoms with Crippen molar-refractivity contribution in [3.05, 3.63) is 5.21 Å². The van der Waals surface area contributed by atoms with Crippen LogP contribution in [0.15, 0.2) is 0 Å². The van der Waals surface area contributed by atoms with Crippen molar-refractivity contribution < 1.29 is 9.85 Å². The molecule has 118 valence electrons. The molecule has 3 heteroatoms. The number of fused-ring (bicyclic) bond motifs is 5. The van der Waals surface area contributed by atoms with E-state index in [9.17, 15) is 10.3 Å². The van der Waals surface area contributed by atoms with Crippen LogP contribution in [-0.2, 0) is 0 Å². The van der Waals surface area contributed by atoms with Crippen molar-refractivity contribution >= 4 is 6.21 Å². The average molecular weight is 291 g/mol. The fourth-order valence-corrected chi connectivity index (χ4v) is 6.70. The number of aliphatic hydroxyl groups excluding tert-OH is 1. The number of hydroxylamine groups is 1. The summed E-state index contributed by atoms with van der Waals surface area (Å²) in [4.78, 5) is 0. The van der Waals surface area contributed by atoms with Crippen LogP contribution in [0, 0.1) is 39.7 Å². The van der Waals surface area contributed by atoms with Crippen LogP contribution in [0.4, 0.5) is 0 Å². The number of hydrogen-bond donors (Lipinski definition) is 1. The predicted octanol–water partition coefficient (Wildman–Crippen LogP) is 3.19. The molecule has 3 fully saturated rings. The highest BCUT2D eigenvalue weighted by Crippen LogP contribution is 2.64. The molecule has 3 saturated carbocycles. The minimum Gasteiger partial charge on any atom is -0.624 e. The Morgan fingerprint density at radius 2 is 1.76 bits per heavy atom. The van der Waals surface area contributed by atoms with Gasteiger partial charge in [0.15, 0.2) is 12.8 Å². The highest BCUT2D eigenvalue weighted by Gasteiger charge is 2.60. The highest BCUT2D eigenvalue weighted by molar-refractivity contribution is 5.58. The monoisotopic (exact) mass is 291 g/mol. The molecule has 0 saturated heterocycles. The van der Waals surface area contributed by atoms with Crippen molar-refractivity contribution in [2.24, 2.45) is 34.5 Å². The molecule has 0 aromatic rings. The summed E-state index contributed by atoms with van der Waals surface area (Å²) in [5.41, 5.74) is 0.506. The molecule has 1 aliphatic heterocycles. The third-order valence-corrected chi connectivity index (χ3v) is 8.11. The second-order valence-corrected chi connectivity index (χ2v) is 8.74. The molecule has 3 nitrogen and oxygen atoms in total. The molecule has 0 spiro atoms. The zero-order valence-corrected chi connectivity index (χ0v) is 13.4. The standard InChI is InChI=1S/C18H29NO2/c1-17-9-10-19(21)11-12(17)3-4-13-14-5-6-16(20)18(14,2)8-7-15(13)17/h11-16,20H,3-10H2,1-2H3/t12-,13-,14-,15-,16-,17-,18-/m0/s1. The van der Waals surface area contributed by atoms with Gasteiger partial charge in [0.1, 0.15) is 0 Å². The Labute approximate surface area is 128 Å². The summed E-state index contributed by atoms with van der Waals surface area (Å²) in [6.45, 7) is 5.47. The fourth-order valence-electron chi connectivity index (χ4n) is 6.70. The van der Waals surface area contributed by atoms with Crippen LogP contribution in [-0.4, -0.2) is 28.7 Å². The summed E-state index contributed by atoms with van der Waals surface area (Å²) in [6.07, 6.45) is 10.1. The Morgan fingerprint density at radius 1 is 1.00 bits per heavy atom. The predicted molar refractivity (Wildman–Crippen MR) is 83.1 cm³/mol. The van der Waals surface area contributed by atoms with E-state index in [1.807, 2.05) is 6.21 Å². The van der Waals surface area contributed by atoms with Crippen molar-refractivity contribution in [1.29, 1.82) is 0 Å². The third-order valence-electron chi connectivity index (χ3n) is 8.11. The molecule has 0 bridgehead atoms. The van der Waals surface area contributed by atoms with Gasteiger partial charge in [0.2, 0.25) is 0 Å². The Hall–Kier alpha value is -0.570. The van der Waals surface area contributed by atoms with E-state index in [2.05, 4.69) is 13.8 Å². The second-order valence-electron chi connectivity index (χ2n) is 8.74. The van der Waals surface area contributed by atoms with Gasteiger partial charge in [0.25, 0.3) is 0 Å². The van der Waals surface area contributed by atoms with Gasteiger partial charge in [0, 0.05) is 12.3 Å². The van der Waals surface area contributed by atoms with Gasteiger partial charge < -0.3 is 10.3 Å². The van der Waals surface area contributed by atoms with Crippen LogP contribution in [0.1, 0.15) is 58.8 Å². The van der Waals surface area contributed by atoms with Crippen LogP contribution in [0.2, 0.25) is 0 Å². The Bertz CT molecular complexity index is 476. The van der Waals surface area contributed by atoms with E-state index < -0.39 is 0 Å². The van der Waals surface area contributed by atoms with E-state index in [-0.39, 0.29) is 11.5 Å². The molecular formula is C18H29NO2. The number of hydrogen-bond acceptors (Lipinski definition) is 2. The van der Waals surface area contributed by atoms with Gasteiger partial charge in [-0.2, -0.15) is 0 Å². The number of rotatable bonds is 0.